The zero-order valence-corrected chi connectivity index (χ0v) is 24.2. The maximum absolute atomic E-state index is 13.1. The number of hydrogen-bond acceptors (Lipinski definition) is 6. The Labute approximate surface area is 250 Å². The molecule has 1 N–H and O–H groups in total. The van der Waals surface area contributed by atoms with Crippen LogP contribution in [0.3, 0.4) is 0 Å². The lowest BCUT2D eigenvalue weighted by Crippen LogP contribution is -2.43. The number of halogens is 3. The van der Waals surface area contributed by atoms with Crippen molar-refractivity contribution in [1.29, 1.82) is 0 Å². The van der Waals surface area contributed by atoms with Gasteiger partial charge in [0, 0.05) is 23.3 Å². The van der Waals surface area contributed by atoms with Crippen LogP contribution in [0.2, 0.25) is 0 Å². The maximum Gasteiger partial charge on any atom is 0.416 e. The van der Waals surface area contributed by atoms with Crippen LogP contribution >= 0.6 is 11.3 Å². The van der Waals surface area contributed by atoms with E-state index in [4.69, 9.17) is 13.9 Å². The number of hydrogen-bond donors (Lipinski definition) is 1. The van der Waals surface area contributed by atoms with Gasteiger partial charge in [-0.1, -0.05) is 36.4 Å². The maximum atomic E-state index is 13.1. The Morgan fingerprint density at radius 3 is 2.33 bits per heavy atom. The molecule has 0 aliphatic rings. The normalized spacial score (nSPS) is 13.0. The fourth-order valence-corrected chi connectivity index (χ4v) is 5.25. The predicted octanol–water partition coefficient (Wildman–Crippen LogP) is 8.48. The highest BCUT2D eigenvalue weighted by Gasteiger charge is 2.37. The van der Waals surface area contributed by atoms with Crippen LogP contribution in [0.5, 0.6) is 11.5 Å². The van der Waals surface area contributed by atoms with Gasteiger partial charge in [-0.05, 0) is 78.9 Å². The summed E-state index contributed by atoms with van der Waals surface area (Å²) in [5.41, 5.74) is 0.719. The summed E-state index contributed by atoms with van der Waals surface area (Å²) in [4.78, 5) is 17.9. The van der Waals surface area contributed by atoms with E-state index in [-0.39, 0.29) is 12.2 Å². The minimum absolute atomic E-state index is 0.0753. The van der Waals surface area contributed by atoms with Gasteiger partial charge < -0.3 is 19.0 Å². The van der Waals surface area contributed by atoms with Gasteiger partial charge in [0.2, 0.25) is 11.5 Å². The molecule has 1 atom stereocenters. The number of oxazole rings is 1. The minimum Gasteiger partial charge on any atom is -0.493 e. The number of aromatic nitrogens is 1. The van der Waals surface area contributed by atoms with Gasteiger partial charge >= 0.3 is 12.1 Å². The predicted molar refractivity (Wildman–Crippen MR) is 157 cm³/mol. The molecule has 0 aliphatic carbocycles. The first-order valence-corrected chi connectivity index (χ1v) is 14.3. The van der Waals surface area contributed by atoms with E-state index in [1.807, 2.05) is 42.6 Å². The molecule has 0 radical (unpaired) electrons. The summed E-state index contributed by atoms with van der Waals surface area (Å²) in [6.45, 7) is 3.53. The summed E-state index contributed by atoms with van der Waals surface area (Å²) in [5.74, 6) is 0.353. The molecule has 0 saturated carbocycles. The Balaban J connectivity index is 1.17. The van der Waals surface area contributed by atoms with Crippen molar-refractivity contribution in [3.63, 3.8) is 0 Å². The van der Waals surface area contributed by atoms with E-state index < -0.39 is 23.3 Å². The van der Waals surface area contributed by atoms with Crippen LogP contribution in [0.1, 0.15) is 29.5 Å². The first kappa shape index (κ1) is 29.9. The minimum atomic E-state index is -4.57. The van der Waals surface area contributed by atoms with Crippen molar-refractivity contribution in [2.75, 3.05) is 6.61 Å². The van der Waals surface area contributed by atoms with Crippen LogP contribution in [0.25, 0.3) is 21.9 Å². The zero-order valence-electron chi connectivity index (χ0n) is 23.4. The molecule has 0 aliphatic heterocycles. The van der Waals surface area contributed by atoms with E-state index in [0.717, 1.165) is 29.0 Å². The molecule has 10 heteroatoms. The molecule has 0 saturated heterocycles. The van der Waals surface area contributed by atoms with Crippen LogP contribution < -0.4 is 9.47 Å². The van der Waals surface area contributed by atoms with E-state index in [1.165, 1.54) is 23.9 Å². The zero-order chi connectivity index (χ0) is 30.6. The standard InChI is InChI=1S/C33H28F3NO5S/c1-21-28(37-30(41-21)24-12-10-23(11-13-24)29-7-4-18-43-29)16-17-40-26-14-8-22(9-15-26)20-32(2,31(38)39)42-27-6-3-5-25(19-27)33(34,35)36/h3-15,18-19H,16-17,20H2,1-2H3,(H,38,39). The largest absolute Gasteiger partial charge is 0.493 e. The second-order valence-corrected chi connectivity index (χ2v) is 11.1. The molecule has 43 heavy (non-hydrogen) atoms. The second kappa shape index (κ2) is 12.3. The number of nitrogens with zero attached hydrogens (tertiary/aromatic N) is 1. The van der Waals surface area contributed by atoms with Crippen LogP contribution in [0, 0.1) is 6.92 Å². The average Bonchev–Trinajstić information content (AvgIpc) is 3.64. The highest BCUT2D eigenvalue weighted by atomic mass is 32.1. The number of benzene rings is 3. The summed E-state index contributed by atoms with van der Waals surface area (Å²) in [5, 5.41) is 11.9. The topological polar surface area (TPSA) is 81.8 Å². The third-order valence-corrected chi connectivity index (χ3v) is 7.78. The third-order valence-electron chi connectivity index (χ3n) is 6.86. The van der Waals surface area contributed by atoms with E-state index in [9.17, 15) is 23.1 Å². The molecule has 222 valence electrons. The molecule has 3 aromatic carbocycles. The summed E-state index contributed by atoms with van der Waals surface area (Å²) in [6, 6.07) is 23.1. The summed E-state index contributed by atoms with van der Waals surface area (Å²) in [6.07, 6.45) is -4.12. The van der Waals surface area contributed by atoms with E-state index in [2.05, 4.69) is 11.1 Å². The van der Waals surface area contributed by atoms with Crippen molar-refractivity contribution < 1.29 is 37.0 Å². The lowest BCUT2D eigenvalue weighted by molar-refractivity contribution is -0.153. The smallest absolute Gasteiger partial charge is 0.416 e. The van der Waals surface area contributed by atoms with Crippen LogP contribution in [0.4, 0.5) is 13.2 Å². The van der Waals surface area contributed by atoms with Crippen LogP contribution in [-0.2, 0) is 23.8 Å². The molecule has 6 nitrogen and oxygen atoms in total. The fraction of sp³-hybridized carbons (Fsp3) is 0.212. The summed E-state index contributed by atoms with van der Waals surface area (Å²) in [7, 11) is 0. The van der Waals surface area contributed by atoms with Gasteiger partial charge in [-0.3, -0.25) is 0 Å². The van der Waals surface area contributed by atoms with E-state index in [1.54, 1.807) is 35.6 Å². The Hall–Kier alpha value is -4.57. The Kier molecular flexibility index (Phi) is 8.59. The molecule has 2 heterocycles. The number of rotatable bonds is 11. The van der Waals surface area contributed by atoms with Crippen LogP contribution in [0.15, 0.2) is 94.7 Å². The molecular formula is C33H28F3NO5S. The molecule has 5 rings (SSSR count). The van der Waals surface area contributed by atoms with Gasteiger partial charge in [-0.2, -0.15) is 13.2 Å². The van der Waals surface area contributed by atoms with Crippen molar-refractivity contribution in [2.45, 2.75) is 38.5 Å². The number of carboxylic acids is 1. The second-order valence-electron chi connectivity index (χ2n) is 10.2. The van der Waals surface area contributed by atoms with Gasteiger partial charge in [-0.15, -0.1) is 11.3 Å². The van der Waals surface area contributed by atoms with Crippen molar-refractivity contribution in [1.82, 2.24) is 4.98 Å². The van der Waals surface area contributed by atoms with Crippen molar-refractivity contribution >= 4 is 17.3 Å². The number of carboxylic acid groups (broad SMARTS) is 1. The number of carbonyl (C=O) groups is 1. The summed E-state index contributed by atoms with van der Waals surface area (Å²) < 4.78 is 56.6. The molecule has 0 amide bonds. The molecule has 2 aromatic heterocycles. The summed E-state index contributed by atoms with van der Waals surface area (Å²) >= 11 is 1.68. The molecule has 1 unspecified atom stereocenters. The highest BCUT2D eigenvalue weighted by Crippen LogP contribution is 2.33. The molecule has 5 aromatic rings. The molecule has 0 bridgehead atoms. The van der Waals surface area contributed by atoms with Gasteiger partial charge in [0.15, 0.2) is 0 Å². The Morgan fingerprint density at radius 1 is 0.953 bits per heavy atom. The van der Waals surface area contributed by atoms with Gasteiger partial charge in [0.1, 0.15) is 17.3 Å². The number of ether oxygens (including phenoxy) is 2. The molecule has 0 spiro atoms. The first-order valence-electron chi connectivity index (χ1n) is 13.4. The molecular weight excluding hydrogens is 579 g/mol. The van der Waals surface area contributed by atoms with Gasteiger partial charge in [0.25, 0.3) is 0 Å². The van der Waals surface area contributed by atoms with E-state index >= 15 is 0 Å². The quantitative estimate of drug-likeness (QED) is 0.162. The Morgan fingerprint density at radius 2 is 1.67 bits per heavy atom. The lowest BCUT2D eigenvalue weighted by atomic mass is 9.96. The number of aliphatic carboxylic acids is 1. The van der Waals surface area contributed by atoms with Crippen molar-refractivity contribution in [2.24, 2.45) is 0 Å². The average molecular weight is 608 g/mol. The Bertz CT molecular complexity index is 1680. The van der Waals surface area contributed by atoms with Crippen molar-refractivity contribution in [3.8, 4) is 33.4 Å². The third kappa shape index (κ3) is 7.26. The monoisotopic (exact) mass is 607 g/mol. The molecule has 0 fully saturated rings. The number of alkyl halides is 3. The lowest BCUT2D eigenvalue weighted by Gasteiger charge is -2.27. The van der Waals surface area contributed by atoms with Crippen molar-refractivity contribution in [3.05, 3.63) is 113 Å². The van der Waals surface area contributed by atoms with Gasteiger partial charge in [0.05, 0.1) is 17.9 Å². The van der Waals surface area contributed by atoms with E-state index in [0.29, 0.717) is 36.0 Å². The number of aryl methyl sites for hydroxylation is 1. The first-order chi connectivity index (χ1) is 20.5. The van der Waals surface area contributed by atoms with Crippen LogP contribution in [-0.4, -0.2) is 28.3 Å². The fourth-order valence-electron chi connectivity index (χ4n) is 4.51. The number of thiophene rings is 1. The highest BCUT2D eigenvalue weighted by molar-refractivity contribution is 7.13. The van der Waals surface area contributed by atoms with Gasteiger partial charge in [-0.25, -0.2) is 9.78 Å². The SMILES string of the molecule is Cc1oc(-c2ccc(-c3cccs3)cc2)nc1CCOc1ccc(CC(C)(Oc2cccc(C(F)(F)F)c2)C(=O)O)cc1.